The van der Waals surface area contributed by atoms with E-state index in [1.165, 1.54) is 11.3 Å². The van der Waals surface area contributed by atoms with Crippen LogP contribution in [-0.2, 0) is 23.0 Å². The van der Waals surface area contributed by atoms with Gasteiger partial charge in [-0.15, -0.1) is 0 Å². The molecule has 0 radical (unpaired) electrons. The van der Waals surface area contributed by atoms with E-state index in [9.17, 15) is 8.42 Å². The van der Waals surface area contributed by atoms with Crippen molar-refractivity contribution in [1.29, 1.82) is 0 Å². The first-order valence-corrected chi connectivity index (χ1v) is 10.1. The van der Waals surface area contributed by atoms with Crippen molar-refractivity contribution in [2.45, 2.75) is 31.7 Å². The van der Waals surface area contributed by atoms with E-state index < -0.39 is 10.0 Å². The van der Waals surface area contributed by atoms with Crippen LogP contribution in [0.4, 0.5) is 5.69 Å². The molecule has 2 rings (SSSR count). The molecule has 0 saturated carbocycles. The molecule has 0 aliphatic heterocycles. The van der Waals surface area contributed by atoms with Crippen LogP contribution in [0.3, 0.4) is 0 Å². The highest BCUT2D eigenvalue weighted by Crippen LogP contribution is 2.15. The maximum absolute atomic E-state index is 11.2. The van der Waals surface area contributed by atoms with Gasteiger partial charge in [-0.25, -0.2) is 13.6 Å². The second-order valence-electron chi connectivity index (χ2n) is 5.95. The summed E-state index contributed by atoms with van der Waals surface area (Å²) in [6, 6.07) is 15.4. The van der Waals surface area contributed by atoms with Gasteiger partial charge in [0, 0.05) is 25.3 Å². The highest BCUT2D eigenvalue weighted by molar-refractivity contribution is 7.89. The zero-order valence-electron chi connectivity index (χ0n) is 15.3. The average Bonchev–Trinajstić information content (AvgIpc) is 2.60. The van der Waals surface area contributed by atoms with Gasteiger partial charge < -0.3 is 22.6 Å². The van der Waals surface area contributed by atoms with E-state index in [0.29, 0.717) is 0 Å². The molecule has 5 nitrogen and oxygen atoms in total. The van der Waals surface area contributed by atoms with Gasteiger partial charge in [-0.3, -0.25) is 0 Å². The van der Waals surface area contributed by atoms with Crippen molar-refractivity contribution in [3.05, 3.63) is 59.7 Å². The lowest BCUT2D eigenvalue weighted by atomic mass is 10.1. The van der Waals surface area contributed by atoms with Gasteiger partial charge in [-0.05, 0) is 62.2 Å². The highest BCUT2D eigenvalue weighted by atomic mass is 35.5. The molecule has 0 bridgehead atoms. The van der Waals surface area contributed by atoms with Crippen LogP contribution in [0, 0.1) is 0 Å². The maximum atomic E-state index is 11.2. The summed E-state index contributed by atoms with van der Waals surface area (Å²) in [4.78, 5) is 2.47. The Morgan fingerprint density at radius 3 is 1.96 bits per heavy atom. The van der Waals surface area contributed by atoms with Crippen molar-refractivity contribution in [3.63, 3.8) is 0 Å². The van der Waals surface area contributed by atoms with Gasteiger partial charge in [0.25, 0.3) is 0 Å². The molecule has 0 fully saturated rings. The van der Waals surface area contributed by atoms with E-state index in [2.05, 4.69) is 48.3 Å². The summed E-state index contributed by atoms with van der Waals surface area (Å²) in [5.74, 6) is 0. The predicted molar refractivity (Wildman–Crippen MR) is 103 cm³/mol. The number of rotatable bonds is 9. The molecular weight excluding hydrogens is 370 g/mol. The standard InChI is InChI=1S/C19H27N3O2S.ClH/c1-3-22(4-2)18-9-5-17(6-10-18)15-21-14-13-16-7-11-19(12-8-16)25(20,23)24;/h5-12,21H,3-4,13-15H2,1-2H3,(H2,20,23,24);1H/p-1. The molecule has 0 aliphatic rings. The molecule has 7 heteroatoms. The number of nitrogens with one attached hydrogen (secondary N) is 1. The van der Waals surface area contributed by atoms with Gasteiger partial charge in [0.15, 0.2) is 0 Å². The normalized spacial score (nSPS) is 11.0. The Kier molecular flexibility index (Phi) is 9.08. The van der Waals surface area contributed by atoms with Gasteiger partial charge in [-0.2, -0.15) is 0 Å². The van der Waals surface area contributed by atoms with Gasteiger partial charge in [0.1, 0.15) is 0 Å². The third-order valence-electron chi connectivity index (χ3n) is 4.24. The number of hydrogen-bond acceptors (Lipinski definition) is 4. The minimum Gasteiger partial charge on any atom is -1.00 e. The van der Waals surface area contributed by atoms with E-state index in [4.69, 9.17) is 5.14 Å². The molecule has 2 aromatic rings. The number of nitrogens with zero attached hydrogens (tertiary/aromatic N) is 1. The summed E-state index contributed by atoms with van der Waals surface area (Å²) in [7, 11) is -3.61. The molecule has 0 unspecified atom stereocenters. The smallest absolute Gasteiger partial charge is 0.238 e. The largest absolute Gasteiger partial charge is 1.00 e. The SMILES string of the molecule is CCN(CC)c1ccc(CNCCc2ccc(S(N)(=O)=O)cc2)cc1.[Cl-]. The van der Waals surface area contributed by atoms with Crippen LogP contribution in [0.15, 0.2) is 53.4 Å². The fraction of sp³-hybridized carbons (Fsp3) is 0.368. The lowest BCUT2D eigenvalue weighted by Gasteiger charge is -2.21. The Labute approximate surface area is 163 Å². The molecule has 2 aromatic carbocycles. The van der Waals surface area contributed by atoms with Crippen molar-refractivity contribution < 1.29 is 20.8 Å². The van der Waals surface area contributed by atoms with Crippen molar-refractivity contribution in [1.82, 2.24) is 5.32 Å². The van der Waals surface area contributed by atoms with Crippen molar-refractivity contribution >= 4 is 15.7 Å². The first-order valence-electron chi connectivity index (χ1n) is 8.60. The molecule has 3 N–H and O–H groups in total. The van der Waals surface area contributed by atoms with E-state index in [1.807, 2.05) is 0 Å². The quantitative estimate of drug-likeness (QED) is 0.561. The van der Waals surface area contributed by atoms with E-state index in [-0.39, 0.29) is 17.3 Å². The number of nitrogens with two attached hydrogens (primary N) is 1. The van der Waals surface area contributed by atoms with E-state index in [0.717, 1.165) is 38.2 Å². The monoisotopic (exact) mass is 396 g/mol. The maximum Gasteiger partial charge on any atom is 0.238 e. The minimum atomic E-state index is -3.61. The lowest BCUT2D eigenvalue weighted by Crippen LogP contribution is -3.00. The van der Waals surface area contributed by atoms with Gasteiger partial charge >= 0.3 is 0 Å². The molecule has 0 aromatic heterocycles. The van der Waals surface area contributed by atoms with Gasteiger partial charge in [0.2, 0.25) is 10.0 Å². The summed E-state index contributed by atoms with van der Waals surface area (Å²) >= 11 is 0. The highest BCUT2D eigenvalue weighted by Gasteiger charge is 2.06. The topological polar surface area (TPSA) is 75.4 Å². The molecular formula is C19H27ClN3O2S-. The number of hydrogen-bond donors (Lipinski definition) is 2. The third kappa shape index (κ3) is 6.61. The predicted octanol–water partition coefficient (Wildman–Crippen LogP) is -0.483. The zero-order chi connectivity index (χ0) is 18.3. The van der Waals surface area contributed by atoms with Crippen LogP contribution >= 0.6 is 0 Å². The Balaban J connectivity index is 0.00000338. The lowest BCUT2D eigenvalue weighted by molar-refractivity contribution is -0.00000786. The van der Waals surface area contributed by atoms with Crippen LogP contribution in [0.5, 0.6) is 0 Å². The molecule has 0 heterocycles. The van der Waals surface area contributed by atoms with Crippen LogP contribution < -0.4 is 27.8 Å². The summed E-state index contributed by atoms with van der Waals surface area (Å²) < 4.78 is 22.5. The molecule has 144 valence electrons. The zero-order valence-corrected chi connectivity index (χ0v) is 16.9. The third-order valence-corrected chi connectivity index (χ3v) is 5.17. The fourth-order valence-electron chi connectivity index (χ4n) is 2.72. The second-order valence-corrected chi connectivity index (χ2v) is 7.52. The summed E-state index contributed by atoms with van der Waals surface area (Å²) in [6.07, 6.45) is 0.836. The Hall–Kier alpha value is -1.60. The summed E-state index contributed by atoms with van der Waals surface area (Å²) in [5.41, 5.74) is 3.58. The van der Waals surface area contributed by atoms with Crippen molar-refractivity contribution in [2.24, 2.45) is 5.14 Å². The summed E-state index contributed by atoms with van der Waals surface area (Å²) in [6.45, 7) is 7.99. The van der Waals surface area contributed by atoms with Crippen LogP contribution in [0.1, 0.15) is 25.0 Å². The molecule has 0 aliphatic carbocycles. The van der Waals surface area contributed by atoms with E-state index in [1.54, 1.807) is 24.3 Å². The first-order chi connectivity index (χ1) is 11.9. The number of primary sulfonamides is 1. The Morgan fingerprint density at radius 1 is 0.923 bits per heavy atom. The molecule has 0 saturated heterocycles. The van der Waals surface area contributed by atoms with Crippen molar-refractivity contribution in [2.75, 3.05) is 24.5 Å². The van der Waals surface area contributed by atoms with Crippen LogP contribution in [0.2, 0.25) is 0 Å². The molecule has 0 spiro atoms. The molecule has 0 atom stereocenters. The molecule has 0 amide bonds. The average molecular weight is 397 g/mol. The van der Waals surface area contributed by atoms with Crippen LogP contribution in [0.25, 0.3) is 0 Å². The number of anilines is 1. The number of sulfonamides is 1. The second kappa shape index (κ2) is 10.5. The minimum absolute atomic E-state index is 0. The first kappa shape index (κ1) is 22.4. The van der Waals surface area contributed by atoms with Crippen LogP contribution in [-0.4, -0.2) is 28.1 Å². The number of benzene rings is 2. The summed E-state index contributed by atoms with van der Waals surface area (Å²) in [5, 5.41) is 8.51. The molecule has 26 heavy (non-hydrogen) atoms. The Morgan fingerprint density at radius 2 is 1.46 bits per heavy atom. The number of halogens is 1. The fourth-order valence-corrected chi connectivity index (χ4v) is 3.24. The van der Waals surface area contributed by atoms with Gasteiger partial charge in [-0.1, -0.05) is 24.3 Å². The van der Waals surface area contributed by atoms with Gasteiger partial charge in [0.05, 0.1) is 4.90 Å². The van der Waals surface area contributed by atoms with E-state index >= 15 is 0 Å². The van der Waals surface area contributed by atoms with Crippen molar-refractivity contribution in [3.8, 4) is 0 Å². The Bertz CT molecular complexity index is 758.